The highest BCUT2D eigenvalue weighted by atomic mass is 32.1. The summed E-state index contributed by atoms with van der Waals surface area (Å²) in [5.41, 5.74) is 2.85. The monoisotopic (exact) mass is 480 g/mol. The first-order chi connectivity index (χ1) is 16.1. The van der Waals surface area contributed by atoms with Gasteiger partial charge in [-0.25, -0.2) is 14.8 Å². The molecule has 34 heavy (non-hydrogen) atoms. The lowest BCUT2D eigenvalue weighted by Gasteiger charge is -2.33. The number of hydrogen-bond acceptors (Lipinski definition) is 7. The van der Waals surface area contributed by atoms with E-state index < -0.39 is 5.60 Å². The van der Waals surface area contributed by atoms with Gasteiger partial charge in [-0.1, -0.05) is 0 Å². The van der Waals surface area contributed by atoms with E-state index in [1.165, 1.54) is 11.3 Å². The Labute approximate surface area is 201 Å². The molecule has 1 saturated heterocycles. The number of thiazole rings is 1. The molecule has 0 radical (unpaired) electrons. The van der Waals surface area contributed by atoms with Gasteiger partial charge in [-0.15, -0.1) is 11.3 Å². The van der Waals surface area contributed by atoms with Crippen LogP contribution in [0.15, 0.2) is 29.5 Å². The topological polar surface area (TPSA) is 95.1 Å². The van der Waals surface area contributed by atoms with E-state index in [2.05, 4.69) is 27.2 Å². The van der Waals surface area contributed by atoms with Gasteiger partial charge in [-0.3, -0.25) is 14.0 Å². The Kier molecular flexibility index (Phi) is 5.43. The number of benzene rings is 1. The fourth-order valence-corrected chi connectivity index (χ4v) is 5.36. The molecule has 0 saturated carbocycles. The molecule has 1 aliphatic rings. The molecule has 0 bridgehead atoms. The number of aromatic nitrogens is 5. The molecule has 5 rings (SSSR count). The van der Waals surface area contributed by atoms with Crippen LogP contribution in [-0.2, 0) is 11.8 Å². The minimum absolute atomic E-state index is 0.0115. The van der Waals surface area contributed by atoms with Gasteiger partial charge in [0.25, 0.3) is 5.56 Å². The quantitative estimate of drug-likeness (QED) is 0.425. The van der Waals surface area contributed by atoms with E-state index in [1.54, 1.807) is 20.5 Å². The average Bonchev–Trinajstić information content (AvgIpc) is 3.37. The number of carbonyl (C=O) groups excluding carboxylic acids is 1. The summed E-state index contributed by atoms with van der Waals surface area (Å²) in [7, 11) is 1.90. The van der Waals surface area contributed by atoms with Crippen molar-refractivity contribution in [2.45, 2.75) is 52.2 Å². The largest absolute Gasteiger partial charge is 0.444 e. The van der Waals surface area contributed by atoms with Gasteiger partial charge in [-0.05, 0) is 58.2 Å². The summed E-state index contributed by atoms with van der Waals surface area (Å²) in [6.07, 6.45) is 4.62. The molecular weight excluding hydrogens is 452 g/mol. The Hall–Kier alpha value is -3.27. The minimum Gasteiger partial charge on any atom is -0.444 e. The lowest BCUT2D eigenvalue weighted by Crippen LogP contribution is -2.43. The summed E-state index contributed by atoms with van der Waals surface area (Å²) >= 11 is 1.37. The number of hydrogen-bond donors (Lipinski definition) is 0. The molecule has 0 N–H and O–H groups in total. The third kappa shape index (κ3) is 4.18. The van der Waals surface area contributed by atoms with E-state index in [1.807, 2.05) is 40.9 Å². The molecular formula is C24H28N6O3S. The molecule has 10 heteroatoms. The highest BCUT2D eigenvalue weighted by Crippen LogP contribution is 2.32. The van der Waals surface area contributed by atoms with Crippen molar-refractivity contribution in [2.75, 3.05) is 13.1 Å². The van der Waals surface area contributed by atoms with E-state index in [0.29, 0.717) is 36.3 Å². The van der Waals surface area contributed by atoms with Crippen LogP contribution in [0.2, 0.25) is 0 Å². The molecule has 1 aromatic carbocycles. The lowest BCUT2D eigenvalue weighted by atomic mass is 10.1. The fourth-order valence-electron chi connectivity index (χ4n) is 4.42. The summed E-state index contributed by atoms with van der Waals surface area (Å²) < 4.78 is 9.53. The maximum atomic E-state index is 13.3. The number of aryl methyl sites for hydroxylation is 2. The summed E-state index contributed by atoms with van der Waals surface area (Å²) in [6.45, 7) is 8.69. The number of fused-ring (bicyclic) bond motifs is 2. The summed E-state index contributed by atoms with van der Waals surface area (Å²) in [5.74, 6) is 0. The normalized spacial score (nSPS) is 15.4. The molecule has 3 aromatic heterocycles. The molecule has 4 heterocycles. The van der Waals surface area contributed by atoms with Crippen LogP contribution in [0.1, 0.15) is 45.2 Å². The van der Waals surface area contributed by atoms with Crippen molar-refractivity contribution in [3.05, 3.63) is 40.6 Å². The van der Waals surface area contributed by atoms with Crippen LogP contribution in [-0.4, -0.2) is 54.0 Å². The van der Waals surface area contributed by atoms with Crippen molar-refractivity contribution < 1.29 is 9.53 Å². The smallest absolute Gasteiger partial charge is 0.410 e. The second kappa shape index (κ2) is 8.19. The number of likely N-dealkylation sites (tertiary alicyclic amines) is 1. The van der Waals surface area contributed by atoms with Gasteiger partial charge in [0, 0.05) is 43.3 Å². The van der Waals surface area contributed by atoms with Crippen molar-refractivity contribution in [2.24, 2.45) is 7.05 Å². The molecule has 0 unspecified atom stereocenters. The minimum atomic E-state index is -0.524. The second-order valence-corrected chi connectivity index (χ2v) is 10.9. The third-order valence-corrected chi connectivity index (χ3v) is 7.09. The molecule has 0 atom stereocenters. The molecule has 9 nitrogen and oxygen atoms in total. The van der Waals surface area contributed by atoms with Gasteiger partial charge < -0.3 is 9.64 Å². The lowest BCUT2D eigenvalue weighted by molar-refractivity contribution is 0.0187. The zero-order valence-corrected chi connectivity index (χ0v) is 20.8. The first-order valence-electron chi connectivity index (χ1n) is 11.4. The van der Waals surface area contributed by atoms with Gasteiger partial charge in [0.15, 0.2) is 5.65 Å². The van der Waals surface area contributed by atoms with E-state index in [-0.39, 0.29) is 17.7 Å². The van der Waals surface area contributed by atoms with E-state index in [9.17, 15) is 9.59 Å². The average molecular weight is 481 g/mol. The van der Waals surface area contributed by atoms with Crippen molar-refractivity contribution in [1.29, 1.82) is 0 Å². The highest BCUT2D eigenvalue weighted by Gasteiger charge is 2.28. The summed E-state index contributed by atoms with van der Waals surface area (Å²) in [6, 6.07) is 4.10. The van der Waals surface area contributed by atoms with Crippen LogP contribution in [0.3, 0.4) is 0 Å². The van der Waals surface area contributed by atoms with E-state index >= 15 is 0 Å². The number of ether oxygens (including phenoxy) is 1. The SMILES string of the molecule is Cc1cc(-c2nc3ncn(C4CCN(C(=O)OC(C)(C)C)CC4)c(=O)c3s2)cc2cn(C)nc12. The zero-order valence-electron chi connectivity index (χ0n) is 20.0. The molecule has 1 fully saturated rings. The third-order valence-electron chi connectivity index (χ3n) is 6.01. The van der Waals surface area contributed by atoms with Crippen molar-refractivity contribution in [3.8, 4) is 10.6 Å². The predicted octanol–water partition coefficient (Wildman–Crippen LogP) is 4.29. The van der Waals surface area contributed by atoms with Crippen LogP contribution >= 0.6 is 11.3 Å². The molecule has 0 spiro atoms. The standard InChI is InChI=1S/C24H28N6O3S/c1-14-10-15(11-16-12-28(5)27-18(14)16)21-26-20-19(34-21)22(31)30(13-25-20)17-6-8-29(9-7-17)23(32)33-24(2,3)4/h10-13,17H,6-9H2,1-5H3. The van der Waals surface area contributed by atoms with Crippen molar-refractivity contribution in [3.63, 3.8) is 0 Å². The maximum absolute atomic E-state index is 13.3. The molecule has 178 valence electrons. The molecule has 1 aliphatic heterocycles. The number of nitrogens with zero attached hydrogens (tertiary/aromatic N) is 6. The summed E-state index contributed by atoms with van der Waals surface area (Å²) in [5, 5.41) is 6.31. The van der Waals surface area contributed by atoms with Crippen LogP contribution < -0.4 is 5.56 Å². The Balaban J connectivity index is 1.40. The Bertz CT molecular complexity index is 1450. The number of rotatable bonds is 2. The number of piperidine rings is 1. The van der Waals surface area contributed by atoms with Gasteiger partial charge in [-0.2, -0.15) is 5.10 Å². The fraction of sp³-hybridized carbons (Fsp3) is 0.458. The first kappa shape index (κ1) is 22.5. The highest BCUT2D eigenvalue weighted by molar-refractivity contribution is 7.21. The molecule has 4 aromatic rings. The van der Waals surface area contributed by atoms with Crippen molar-refractivity contribution in [1.82, 2.24) is 29.2 Å². The first-order valence-corrected chi connectivity index (χ1v) is 12.2. The maximum Gasteiger partial charge on any atom is 0.410 e. The summed E-state index contributed by atoms with van der Waals surface area (Å²) in [4.78, 5) is 36.5. The number of carbonyl (C=O) groups is 1. The predicted molar refractivity (Wildman–Crippen MR) is 132 cm³/mol. The van der Waals surface area contributed by atoms with Crippen LogP contribution in [0.25, 0.3) is 31.8 Å². The van der Waals surface area contributed by atoms with Gasteiger partial charge in [0.1, 0.15) is 21.6 Å². The van der Waals surface area contributed by atoms with Gasteiger partial charge in [0.05, 0.1) is 5.52 Å². The van der Waals surface area contributed by atoms with Crippen LogP contribution in [0, 0.1) is 6.92 Å². The van der Waals surface area contributed by atoms with Crippen molar-refractivity contribution >= 4 is 38.7 Å². The zero-order chi connectivity index (χ0) is 24.2. The van der Waals surface area contributed by atoms with Gasteiger partial charge in [0.2, 0.25) is 0 Å². The number of amides is 1. The Morgan fingerprint density at radius 1 is 1.21 bits per heavy atom. The van der Waals surface area contributed by atoms with Crippen LogP contribution in [0.4, 0.5) is 4.79 Å². The van der Waals surface area contributed by atoms with Gasteiger partial charge >= 0.3 is 6.09 Å². The van der Waals surface area contributed by atoms with E-state index in [0.717, 1.165) is 27.0 Å². The van der Waals surface area contributed by atoms with Crippen LogP contribution in [0.5, 0.6) is 0 Å². The Morgan fingerprint density at radius 2 is 1.94 bits per heavy atom. The van der Waals surface area contributed by atoms with E-state index in [4.69, 9.17) is 4.74 Å². The Morgan fingerprint density at radius 3 is 2.65 bits per heavy atom. The second-order valence-electron chi connectivity index (χ2n) is 9.86. The molecule has 0 aliphatic carbocycles. The molecule has 1 amide bonds.